The quantitative estimate of drug-likeness (QED) is 0.443. The second kappa shape index (κ2) is 12.9. The normalized spacial score (nSPS) is 20.0. The molecule has 0 heterocycles. The van der Waals surface area contributed by atoms with E-state index >= 15 is 0 Å². The van der Waals surface area contributed by atoms with Crippen LogP contribution in [0.2, 0.25) is 0 Å². The molecule has 1 aliphatic carbocycles. The molecule has 0 saturated heterocycles. The van der Waals surface area contributed by atoms with Crippen molar-refractivity contribution in [3.05, 3.63) is 42.0 Å². The van der Waals surface area contributed by atoms with Gasteiger partial charge in [-0.05, 0) is 44.6 Å². The van der Waals surface area contributed by atoms with E-state index < -0.39 is 11.9 Å². The number of aliphatic hydroxyl groups excluding tert-OH is 1. The van der Waals surface area contributed by atoms with Gasteiger partial charge in [0.15, 0.2) is 6.79 Å². The predicted octanol–water partition coefficient (Wildman–Crippen LogP) is 2.53. The number of rotatable bonds is 8. The van der Waals surface area contributed by atoms with Crippen LogP contribution in [0.5, 0.6) is 5.75 Å². The van der Waals surface area contributed by atoms with Crippen LogP contribution < -0.4 is 4.74 Å². The Hall–Kier alpha value is -2.42. The Morgan fingerprint density at radius 3 is 2.31 bits per heavy atom. The maximum atomic E-state index is 10.4. The minimum atomic E-state index is -1.26. The molecular weight excluding hydrogens is 378 g/mol. The number of methoxy groups -OCH3 is 1. The third kappa shape index (κ3) is 9.08. The van der Waals surface area contributed by atoms with Gasteiger partial charge in [0.25, 0.3) is 0 Å². The van der Waals surface area contributed by atoms with Gasteiger partial charge in [-0.1, -0.05) is 25.0 Å². The van der Waals surface area contributed by atoms with Crippen LogP contribution in [0.15, 0.2) is 36.4 Å². The number of aliphatic hydroxyl groups is 1. The second-order valence-electron chi connectivity index (χ2n) is 7.06. The summed E-state index contributed by atoms with van der Waals surface area (Å²) >= 11 is 0. The van der Waals surface area contributed by atoms with Gasteiger partial charge >= 0.3 is 11.9 Å². The van der Waals surface area contributed by atoms with Gasteiger partial charge in [-0.2, -0.15) is 0 Å². The van der Waals surface area contributed by atoms with E-state index in [1.54, 1.807) is 7.11 Å². The first-order valence-corrected chi connectivity index (χ1v) is 9.46. The Balaban J connectivity index is 0.000000447. The number of hydrogen-bond donors (Lipinski definition) is 3. The summed E-state index contributed by atoms with van der Waals surface area (Å²) < 4.78 is 10.5. The van der Waals surface area contributed by atoms with Gasteiger partial charge < -0.3 is 29.7 Å². The SMILES string of the molecule is COCOc1cccc(C(C2CCCCC2O)N(C)C)c1.O=C(O)C=CC(=O)O. The van der Waals surface area contributed by atoms with E-state index in [9.17, 15) is 14.7 Å². The Morgan fingerprint density at radius 2 is 1.79 bits per heavy atom. The number of aliphatic carboxylic acids is 2. The van der Waals surface area contributed by atoms with Crippen molar-refractivity contribution in [3.63, 3.8) is 0 Å². The molecule has 3 N–H and O–H groups in total. The molecule has 0 bridgehead atoms. The lowest BCUT2D eigenvalue weighted by atomic mass is 9.78. The van der Waals surface area contributed by atoms with Gasteiger partial charge in [0.2, 0.25) is 0 Å². The molecule has 0 aromatic heterocycles. The van der Waals surface area contributed by atoms with Crippen molar-refractivity contribution in [2.45, 2.75) is 37.8 Å². The van der Waals surface area contributed by atoms with Crippen LogP contribution in [0, 0.1) is 5.92 Å². The monoisotopic (exact) mass is 409 g/mol. The van der Waals surface area contributed by atoms with Crippen LogP contribution in [0.1, 0.15) is 37.3 Å². The van der Waals surface area contributed by atoms with Crippen LogP contribution in [0.25, 0.3) is 0 Å². The number of benzene rings is 1. The zero-order valence-electron chi connectivity index (χ0n) is 17.2. The van der Waals surface area contributed by atoms with Gasteiger partial charge in [0.05, 0.1) is 6.10 Å². The Kier molecular flexibility index (Phi) is 11.0. The summed E-state index contributed by atoms with van der Waals surface area (Å²) in [6.07, 6.45) is 5.22. The molecule has 0 amide bonds. The Bertz CT molecular complexity index is 659. The number of nitrogens with zero attached hydrogens (tertiary/aromatic N) is 1. The highest BCUT2D eigenvalue weighted by molar-refractivity contribution is 5.89. The van der Waals surface area contributed by atoms with Crippen LogP contribution >= 0.6 is 0 Å². The number of hydrogen-bond acceptors (Lipinski definition) is 6. The molecule has 1 aliphatic rings. The molecule has 162 valence electrons. The van der Waals surface area contributed by atoms with E-state index in [1.165, 1.54) is 12.0 Å². The maximum Gasteiger partial charge on any atom is 0.328 e. The van der Waals surface area contributed by atoms with Gasteiger partial charge in [-0.15, -0.1) is 0 Å². The molecule has 29 heavy (non-hydrogen) atoms. The van der Waals surface area contributed by atoms with E-state index in [4.69, 9.17) is 19.7 Å². The Morgan fingerprint density at radius 1 is 1.17 bits per heavy atom. The lowest BCUT2D eigenvalue weighted by molar-refractivity contribution is -0.134. The minimum absolute atomic E-state index is 0.213. The predicted molar refractivity (Wildman–Crippen MR) is 108 cm³/mol. The summed E-state index contributed by atoms with van der Waals surface area (Å²) in [6, 6.07) is 8.33. The average Bonchev–Trinajstić information content (AvgIpc) is 2.67. The third-order valence-electron chi connectivity index (χ3n) is 4.66. The summed E-state index contributed by atoms with van der Waals surface area (Å²) in [4.78, 5) is 21.3. The number of carbonyl (C=O) groups is 2. The topological polar surface area (TPSA) is 117 Å². The van der Waals surface area contributed by atoms with Crippen LogP contribution in [0.4, 0.5) is 0 Å². The largest absolute Gasteiger partial charge is 0.478 e. The van der Waals surface area contributed by atoms with Crippen molar-refractivity contribution in [1.29, 1.82) is 0 Å². The molecule has 1 fully saturated rings. The number of carboxylic acids is 2. The molecule has 0 aliphatic heterocycles. The molecule has 1 saturated carbocycles. The number of carboxylic acid groups (broad SMARTS) is 2. The first-order valence-electron chi connectivity index (χ1n) is 9.46. The Labute approximate surface area is 171 Å². The summed E-state index contributed by atoms with van der Waals surface area (Å²) in [6.45, 7) is 0.252. The van der Waals surface area contributed by atoms with Gasteiger partial charge in [-0.25, -0.2) is 9.59 Å². The van der Waals surface area contributed by atoms with Crippen molar-refractivity contribution in [1.82, 2.24) is 4.90 Å². The molecule has 0 spiro atoms. The molecule has 8 nitrogen and oxygen atoms in total. The third-order valence-corrected chi connectivity index (χ3v) is 4.66. The van der Waals surface area contributed by atoms with Crippen LogP contribution in [-0.4, -0.2) is 66.3 Å². The molecule has 1 aromatic rings. The molecule has 3 atom stereocenters. The van der Waals surface area contributed by atoms with Crippen molar-refractivity contribution in [2.24, 2.45) is 5.92 Å². The fourth-order valence-corrected chi connectivity index (χ4v) is 3.49. The molecular formula is C21H31NO7. The molecule has 8 heteroatoms. The lowest BCUT2D eigenvalue weighted by Crippen LogP contribution is -2.36. The standard InChI is InChI=1S/C17H27NO3.C4H4O4/c1-18(2)17(15-9-4-5-10-16(15)19)13-7-6-8-14(11-13)21-12-20-3;5-3(6)1-2-4(7)8/h6-8,11,15-17,19H,4-5,9-10,12H2,1-3H3;1-2H,(H,5,6)(H,7,8). The van der Waals surface area contributed by atoms with Crippen molar-refractivity contribution < 1.29 is 34.4 Å². The van der Waals surface area contributed by atoms with E-state index in [0.29, 0.717) is 12.2 Å². The van der Waals surface area contributed by atoms with Gasteiger partial charge in [0, 0.05) is 31.2 Å². The zero-order valence-corrected chi connectivity index (χ0v) is 17.2. The van der Waals surface area contributed by atoms with E-state index in [1.807, 2.05) is 12.1 Å². The summed E-state index contributed by atoms with van der Waals surface area (Å²) in [7, 11) is 5.77. The first kappa shape index (κ1) is 24.6. The molecule has 0 radical (unpaired) electrons. The summed E-state index contributed by atoms with van der Waals surface area (Å²) in [5, 5.41) is 26.0. The second-order valence-corrected chi connectivity index (χ2v) is 7.06. The zero-order chi connectivity index (χ0) is 21.8. The summed E-state index contributed by atoms with van der Waals surface area (Å²) in [5.74, 6) is -1.42. The van der Waals surface area contributed by atoms with Crippen molar-refractivity contribution in [3.8, 4) is 5.75 Å². The smallest absolute Gasteiger partial charge is 0.328 e. The van der Waals surface area contributed by atoms with Crippen molar-refractivity contribution in [2.75, 3.05) is 28.0 Å². The lowest BCUT2D eigenvalue weighted by Gasteiger charge is -2.38. The molecule has 3 unspecified atom stereocenters. The highest BCUT2D eigenvalue weighted by atomic mass is 16.7. The van der Waals surface area contributed by atoms with Crippen molar-refractivity contribution >= 4 is 11.9 Å². The van der Waals surface area contributed by atoms with E-state index in [2.05, 4.69) is 31.1 Å². The summed E-state index contributed by atoms with van der Waals surface area (Å²) in [5.41, 5.74) is 1.19. The molecule has 2 rings (SSSR count). The van der Waals surface area contributed by atoms with E-state index in [0.717, 1.165) is 25.0 Å². The van der Waals surface area contributed by atoms with Gasteiger partial charge in [0.1, 0.15) is 5.75 Å². The average molecular weight is 409 g/mol. The van der Waals surface area contributed by atoms with Crippen LogP contribution in [-0.2, 0) is 14.3 Å². The highest BCUT2D eigenvalue weighted by Gasteiger charge is 2.33. The minimum Gasteiger partial charge on any atom is -0.478 e. The van der Waals surface area contributed by atoms with Gasteiger partial charge in [-0.3, -0.25) is 0 Å². The number of ether oxygens (including phenoxy) is 2. The fourth-order valence-electron chi connectivity index (χ4n) is 3.49. The van der Waals surface area contributed by atoms with Crippen LogP contribution in [0.3, 0.4) is 0 Å². The fraction of sp³-hybridized carbons (Fsp3) is 0.524. The highest BCUT2D eigenvalue weighted by Crippen LogP contribution is 2.38. The maximum absolute atomic E-state index is 10.4. The first-order chi connectivity index (χ1) is 13.8. The van der Waals surface area contributed by atoms with E-state index in [-0.39, 0.29) is 24.9 Å². The molecule has 1 aromatic carbocycles.